The molecule has 0 saturated heterocycles. The number of hydrogen-bond acceptors (Lipinski definition) is 4. The molecule has 90 valence electrons. The van der Waals surface area contributed by atoms with Crippen molar-refractivity contribution in [2.45, 2.75) is 27.2 Å². The molecule has 0 aliphatic carbocycles. The van der Waals surface area contributed by atoms with Crippen molar-refractivity contribution in [3.8, 4) is 0 Å². The largest absolute Gasteiger partial charge is 0.397 e. The number of nitrogens with one attached hydrogen (secondary N) is 1. The molecular formula is C12H21N3O. The van der Waals surface area contributed by atoms with Crippen LogP contribution in [0.4, 0.5) is 11.5 Å². The highest BCUT2D eigenvalue weighted by molar-refractivity contribution is 5.50. The number of pyridine rings is 1. The Labute approximate surface area is 96.9 Å². The van der Waals surface area contributed by atoms with Gasteiger partial charge in [-0.05, 0) is 30.4 Å². The van der Waals surface area contributed by atoms with Gasteiger partial charge in [-0.1, -0.05) is 13.8 Å². The van der Waals surface area contributed by atoms with Gasteiger partial charge in [-0.15, -0.1) is 0 Å². The summed E-state index contributed by atoms with van der Waals surface area (Å²) in [5.41, 5.74) is 7.41. The molecule has 4 N–H and O–H groups in total. The zero-order valence-electron chi connectivity index (χ0n) is 10.2. The fourth-order valence-corrected chi connectivity index (χ4v) is 1.50. The van der Waals surface area contributed by atoms with E-state index in [0.717, 1.165) is 24.3 Å². The van der Waals surface area contributed by atoms with Crippen LogP contribution in [0.5, 0.6) is 0 Å². The Hall–Kier alpha value is -1.29. The molecule has 4 heteroatoms. The topological polar surface area (TPSA) is 71.2 Å². The zero-order chi connectivity index (χ0) is 12.2. The maximum atomic E-state index is 8.93. The molecule has 0 amide bonds. The van der Waals surface area contributed by atoms with Crippen molar-refractivity contribution in [3.63, 3.8) is 0 Å². The number of nitrogen functional groups attached to an aromatic ring is 1. The van der Waals surface area contributed by atoms with E-state index in [-0.39, 0.29) is 12.0 Å². The Bertz CT molecular complexity index is 350. The summed E-state index contributed by atoms with van der Waals surface area (Å²) >= 11 is 0. The lowest BCUT2D eigenvalue weighted by molar-refractivity contribution is 0.220. The molecule has 0 spiro atoms. The third-order valence-electron chi connectivity index (χ3n) is 2.62. The molecule has 4 nitrogen and oxygen atoms in total. The van der Waals surface area contributed by atoms with Crippen LogP contribution in [-0.2, 0) is 0 Å². The number of rotatable bonds is 5. The van der Waals surface area contributed by atoms with E-state index in [2.05, 4.69) is 24.1 Å². The molecule has 1 heterocycles. The molecule has 0 aromatic carbocycles. The van der Waals surface area contributed by atoms with Gasteiger partial charge < -0.3 is 16.2 Å². The van der Waals surface area contributed by atoms with Crippen LogP contribution in [0.2, 0.25) is 0 Å². The fraction of sp³-hybridized carbons (Fsp3) is 0.583. The first-order chi connectivity index (χ1) is 7.44. The highest BCUT2D eigenvalue weighted by atomic mass is 16.3. The molecule has 0 aliphatic rings. The minimum atomic E-state index is 0.0598. The van der Waals surface area contributed by atoms with E-state index in [1.807, 2.05) is 13.0 Å². The van der Waals surface area contributed by atoms with Gasteiger partial charge in [0, 0.05) is 13.2 Å². The minimum absolute atomic E-state index is 0.0598. The molecule has 16 heavy (non-hydrogen) atoms. The lowest BCUT2D eigenvalue weighted by atomic mass is 9.90. The molecular weight excluding hydrogens is 202 g/mol. The molecule has 0 aliphatic heterocycles. The maximum Gasteiger partial charge on any atom is 0.129 e. The quantitative estimate of drug-likeness (QED) is 0.711. The molecule has 1 aromatic heterocycles. The van der Waals surface area contributed by atoms with Gasteiger partial charge in [-0.2, -0.15) is 0 Å². The first kappa shape index (κ1) is 12.8. The monoisotopic (exact) mass is 223 g/mol. The fourth-order valence-electron chi connectivity index (χ4n) is 1.50. The molecule has 0 atom stereocenters. The van der Waals surface area contributed by atoms with Gasteiger partial charge in [0.25, 0.3) is 0 Å². The molecule has 0 saturated carbocycles. The van der Waals surface area contributed by atoms with Crippen molar-refractivity contribution < 1.29 is 5.11 Å². The molecule has 0 fully saturated rings. The van der Waals surface area contributed by atoms with Gasteiger partial charge in [-0.3, -0.25) is 0 Å². The third-order valence-corrected chi connectivity index (χ3v) is 2.62. The van der Waals surface area contributed by atoms with E-state index in [9.17, 15) is 0 Å². The first-order valence-electron chi connectivity index (χ1n) is 5.51. The Kier molecular flexibility index (Phi) is 4.12. The number of hydrogen-bond donors (Lipinski definition) is 3. The van der Waals surface area contributed by atoms with Crippen LogP contribution in [0, 0.1) is 12.3 Å². The second-order valence-corrected chi connectivity index (χ2v) is 4.93. The van der Waals surface area contributed by atoms with Gasteiger partial charge >= 0.3 is 0 Å². The molecule has 0 unspecified atom stereocenters. The van der Waals surface area contributed by atoms with Crippen molar-refractivity contribution in [1.82, 2.24) is 4.98 Å². The van der Waals surface area contributed by atoms with Gasteiger partial charge in [0.15, 0.2) is 0 Å². The second kappa shape index (κ2) is 5.16. The van der Waals surface area contributed by atoms with E-state index in [4.69, 9.17) is 10.8 Å². The summed E-state index contributed by atoms with van der Waals surface area (Å²) in [7, 11) is 0. The van der Waals surface area contributed by atoms with Crippen LogP contribution in [0.25, 0.3) is 0 Å². The van der Waals surface area contributed by atoms with E-state index in [1.54, 1.807) is 6.20 Å². The van der Waals surface area contributed by atoms with Crippen LogP contribution in [0.1, 0.15) is 25.8 Å². The minimum Gasteiger partial charge on any atom is -0.397 e. The average molecular weight is 223 g/mol. The van der Waals surface area contributed by atoms with Gasteiger partial charge in [-0.25, -0.2) is 4.98 Å². The number of aliphatic hydroxyl groups is 1. The first-order valence-corrected chi connectivity index (χ1v) is 5.51. The molecule has 0 bridgehead atoms. The summed E-state index contributed by atoms with van der Waals surface area (Å²) in [5, 5.41) is 12.2. The number of anilines is 2. The maximum absolute atomic E-state index is 8.93. The average Bonchev–Trinajstić information content (AvgIpc) is 2.16. The Morgan fingerprint density at radius 1 is 1.50 bits per heavy atom. The highest BCUT2D eigenvalue weighted by Gasteiger charge is 2.17. The van der Waals surface area contributed by atoms with Crippen LogP contribution < -0.4 is 11.1 Å². The summed E-state index contributed by atoms with van der Waals surface area (Å²) in [6.45, 7) is 7.20. The van der Waals surface area contributed by atoms with Crippen molar-refractivity contribution in [3.05, 3.63) is 17.8 Å². The number of nitrogens with two attached hydrogens (primary N) is 1. The molecule has 1 rings (SSSR count). The standard InChI is InChI=1S/C12H21N3O/c1-9-6-10(13)7-14-11(9)15-8-12(2,3)4-5-16/h6-7,16H,4-5,8,13H2,1-3H3,(H,14,15). The Morgan fingerprint density at radius 3 is 2.75 bits per heavy atom. The van der Waals surface area contributed by atoms with E-state index >= 15 is 0 Å². The second-order valence-electron chi connectivity index (χ2n) is 4.93. The van der Waals surface area contributed by atoms with Gasteiger partial charge in [0.1, 0.15) is 5.82 Å². The van der Waals surface area contributed by atoms with Crippen molar-refractivity contribution in [2.75, 3.05) is 24.2 Å². The molecule has 0 radical (unpaired) electrons. The molecule has 1 aromatic rings. The highest BCUT2D eigenvalue weighted by Crippen LogP contribution is 2.21. The van der Waals surface area contributed by atoms with Crippen LogP contribution in [0.3, 0.4) is 0 Å². The zero-order valence-corrected chi connectivity index (χ0v) is 10.2. The summed E-state index contributed by atoms with van der Waals surface area (Å²) in [6, 6.07) is 1.90. The lowest BCUT2D eigenvalue weighted by Crippen LogP contribution is -2.24. The van der Waals surface area contributed by atoms with Gasteiger partial charge in [0.05, 0.1) is 11.9 Å². The van der Waals surface area contributed by atoms with E-state index in [1.165, 1.54) is 0 Å². The lowest BCUT2D eigenvalue weighted by Gasteiger charge is -2.24. The Balaban J connectivity index is 2.61. The van der Waals surface area contributed by atoms with E-state index < -0.39 is 0 Å². The normalized spacial score (nSPS) is 11.5. The SMILES string of the molecule is Cc1cc(N)cnc1NCC(C)(C)CCO. The third kappa shape index (κ3) is 3.70. The number of aromatic nitrogens is 1. The smallest absolute Gasteiger partial charge is 0.129 e. The van der Waals surface area contributed by atoms with E-state index in [0.29, 0.717) is 5.69 Å². The Morgan fingerprint density at radius 2 is 2.19 bits per heavy atom. The summed E-state index contributed by atoms with van der Waals surface area (Å²) in [5.74, 6) is 0.861. The predicted octanol–water partition coefficient (Wildman–Crippen LogP) is 1.79. The number of nitrogens with zero attached hydrogens (tertiary/aromatic N) is 1. The predicted molar refractivity (Wildman–Crippen MR) is 67.4 cm³/mol. The summed E-state index contributed by atoms with van der Waals surface area (Å²) in [6.07, 6.45) is 2.42. The summed E-state index contributed by atoms with van der Waals surface area (Å²) < 4.78 is 0. The van der Waals surface area contributed by atoms with Crippen molar-refractivity contribution in [2.24, 2.45) is 5.41 Å². The van der Waals surface area contributed by atoms with Crippen LogP contribution in [0.15, 0.2) is 12.3 Å². The number of aryl methyl sites for hydroxylation is 1. The van der Waals surface area contributed by atoms with Gasteiger partial charge in [0.2, 0.25) is 0 Å². The van der Waals surface area contributed by atoms with Crippen molar-refractivity contribution >= 4 is 11.5 Å². The number of aliphatic hydroxyl groups excluding tert-OH is 1. The van der Waals surface area contributed by atoms with Crippen LogP contribution >= 0.6 is 0 Å². The van der Waals surface area contributed by atoms with Crippen LogP contribution in [-0.4, -0.2) is 23.2 Å². The van der Waals surface area contributed by atoms with Crippen molar-refractivity contribution in [1.29, 1.82) is 0 Å². The summed E-state index contributed by atoms with van der Waals surface area (Å²) in [4.78, 5) is 4.24.